The van der Waals surface area contributed by atoms with Crippen LogP contribution in [0.3, 0.4) is 0 Å². The zero-order valence-electron chi connectivity index (χ0n) is 13.4. The molecular formula is C15H21ClN4O3S. The molecule has 3 rings (SSSR count). The quantitative estimate of drug-likeness (QED) is 0.795. The fraction of sp³-hybridized carbons (Fsp3) is 0.467. The molecule has 7 nitrogen and oxygen atoms in total. The monoisotopic (exact) mass is 372 g/mol. The summed E-state index contributed by atoms with van der Waals surface area (Å²) in [5.74, 6) is 1.15. The van der Waals surface area contributed by atoms with Crippen molar-refractivity contribution in [1.29, 1.82) is 0 Å². The van der Waals surface area contributed by atoms with Gasteiger partial charge in [-0.15, -0.1) is 12.4 Å². The Morgan fingerprint density at radius 1 is 1.25 bits per heavy atom. The average molecular weight is 373 g/mol. The third-order valence-electron chi connectivity index (χ3n) is 4.29. The number of hydrogen-bond acceptors (Lipinski definition) is 6. The Balaban J connectivity index is 0.00000208. The molecule has 1 fully saturated rings. The Bertz CT molecular complexity index is 785. The Morgan fingerprint density at radius 2 is 1.92 bits per heavy atom. The number of aryl methyl sites for hydroxylation is 2. The van der Waals surface area contributed by atoms with Crippen LogP contribution in [-0.2, 0) is 28.4 Å². The van der Waals surface area contributed by atoms with E-state index in [1.54, 1.807) is 24.3 Å². The number of sulfonamides is 1. The summed E-state index contributed by atoms with van der Waals surface area (Å²) in [6, 6.07) is 6.75. The molecule has 24 heavy (non-hydrogen) atoms. The summed E-state index contributed by atoms with van der Waals surface area (Å²) in [7, 11) is -2.00. The largest absolute Gasteiger partial charge is 0.339 e. The fourth-order valence-electron chi connectivity index (χ4n) is 2.54. The van der Waals surface area contributed by atoms with Gasteiger partial charge in [0.2, 0.25) is 15.9 Å². The number of nitrogens with one attached hydrogen (secondary N) is 1. The first-order valence-corrected chi connectivity index (χ1v) is 9.06. The van der Waals surface area contributed by atoms with Crippen LogP contribution in [0.15, 0.2) is 33.7 Å². The molecule has 1 heterocycles. The average Bonchev–Trinajstić information content (AvgIpc) is 3.00. The predicted octanol–water partition coefficient (Wildman–Crippen LogP) is 1.52. The highest BCUT2D eigenvalue weighted by atomic mass is 35.5. The molecule has 132 valence electrons. The van der Waals surface area contributed by atoms with Crippen LogP contribution in [0.2, 0.25) is 0 Å². The van der Waals surface area contributed by atoms with Gasteiger partial charge >= 0.3 is 0 Å². The maximum Gasteiger partial charge on any atom is 0.240 e. The van der Waals surface area contributed by atoms with E-state index in [2.05, 4.69) is 14.9 Å². The minimum Gasteiger partial charge on any atom is -0.339 e. The fourth-order valence-corrected chi connectivity index (χ4v) is 3.27. The van der Waals surface area contributed by atoms with Gasteiger partial charge in [0.05, 0.1) is 10.4 Å². The summed E-state index contributed by atoms with van der Waals surface area (Å²) in [5.41, 5.74) is 6.76. The van der Waals surface area contributed by atoms with E-state index in [0.29, 0.717) is 24.6 Å². The molecule has 0 atom stereocenters. The van der Waals surface area contributed by atoms with E-state index in [-0.39, 0.29) is 17.3 Å². The molecule has 0 radical (unpaired) electrons. The van der Waals surface area contributed by atoms with Crippen LogP contribution in [0.4, 0.5) is 0 Å². The number of hydrogen-bond donors (Lipinski definition) is 2. The molecule has 0 spiro atoms. The van der Waals surface area contributed by atoms with Crippen LogP contribution in [0.25, 0.3) is 0 Å². The molecule has 2 aromatic rings. The highest BCUT2D eigenvalue weighted by Gasteiger charge is 2.38. The summed E-state index contributed by atoms with van der Waals surface area (Å²) in [6.45, 7) is 0. The number of nitrogens with two attached hydrogens (primary N) is 1. The molecule has 0 bridgehead atoms. The van der Waals surface area contributed by atoms with Gasteiger partial charge in [0.15, 0.2) is 5.82 Å². The van der Waals surface area contributed by atoms with Crippen LogP contribution in [0.5, 0.6) is 0 Å². The lowest BCUT2D eigenvalue weighted by atomic mass is 9.77. The summed E-state index contributed by atoms with van der Waals surface area (Å²) in [5, 5.41) is 3.98. The van der Waals surface area contributed by atoms with E-state index in [4.69, 9.17) is 10.3 Å². The van der Waals surface area contributed by atoms with Gasteiger partial charge in [0.25, 0.3) is 0 Å². The van der Waals surface area contributed by atoms with Crippen molar-refractivity contribution in [1.82, 2.24) is 14.9 Å². The van der Waals surface area contributed by atoms with Crippen LogP contribution in [0, 0.1) is 0 Å². The first kappa shape index (κ1) is 18.9. The Morgan fingerprint density at radius 3 is 2.46 bits per heavy atom. The SMILES string of the molecule is CNS(=O)(=O)c1ccc(CCc2nc(C3(N)CCC3)no2)cc1.Cl. The van der Waals surface area contributed by atoms with Crippen LogP contribution < -0.4 is 10.5 Å². The lowest BCUT2D eigenvalue weighted by Gasteiger charge is -2.34. The molecule has 0 aliphatic heterocycles. The zero-order valence-corrected chi connectivity index (χ0v) is 15.0. The minimum absolute atomic E-state index is 0. The van der Waals surface area contributed by atoms with E-state index in [9.17, 15) is 8.42 Å². The van der Waals surface area contributed by atoms with Crippen molar-refractivity contribution in [3.05, 3.63) is 41.5 Å². The number of rotatable bonds is 6. The molecule has 1 aromatic carbocycles. The maximum absolute atomic E-state index is 11.7. The maximum atomic E-state index is 11.7. The molecule has 1 aromatic heterocycles. The lowest BCUT2D eigenvalue weighted by molar-refractivity contribution is 0.229. The second kappa shape index (κ2) is 7.18. The van der Waals surface area contributed by atoms with E-state index in [1.807, 2.05) is 0 Å². The second-order valence-corrected chi connectivity index (χ2v) is 7.76. The van der Waals surface area contributed by atoms with Crippen molar-refractivity contribution in [3.63, 3.8) is 0 Å². The van der Waals surface area contributed by atoms with Crippen molar-refractivity contribution in [2.24, 2.45) is 5.73 Å². The van der Waals surface area contributed by atoms with Gasteiger partial charge < -0.3 is 10.3 Å². The molecule has 0 saturated heterocycles. The summed E-state index contributed by atoms with van der Waals surface area (Å²) < 4.78 is 30.9. The number of halogens is 1. The zero-order chi connectivity index (χ0) is 16.5. The second-order valence-electron chi connectivity index (χ2n) is 5.87. The molecule has 1 aliphatic carbocycles. The Kier molecular flexibility index (Phi) is 5.64. The summed E-state index contributed by atoms with van der Waals surface area (Å²) >= 11 is 0. The number of aromatic nitrogens is 2. The summed E-state index contributed by atoms with van der Waals surface area (Å²) in [4.78, 5) is 4.63. The van der Waals surface area contributed by atoms with Crippen LogP contribution >= 0.6 is 12.4 Å². The highest BCUT2D eigenvalue weighted by molar-refractivity contribution is 7.89. The Hall–Kier alpha value is -1.48. The van der Waals surface area contributed by atoms with Crippen LogP contribution in [0.1, 0.15) is 36.5 Å². The normalized spacial score (nSPS) is 16.2. The van der Waals surface area contributed by atoms with Gasteiger partial charge in [-0.3, -0.25) is 0 Å². The third kappa shape index (κ3) is 3.77. The van der Waals surface area contributed by atoms with Gasteiger partial charge in [0, 0.05) is 6.42 Å². The first-order chi connectivity index (χ1) is 10.9. The topological polar surface area (TPSA) is 111 Å². The molecule has 9 heteroatoms. The molecule has 3 N–H and O–H groups in total. The lowest BCUT2D eigenvalue weighted by Crippen LogP contribution is -2.44. The first-order valence-electron chi connectivity index (χ1n) is 7.57. The van der Waals surface area contributed by atoms with Crippen molar-refractivity contribution in [2.75, 3.05) is 7.05 Å². The van der Waals surface area contributed by atoms with Crippen molar-refractivity contribution < 1.29 is 12.9 Å². The van der Waals surface area contributed by atoms with Crippen molar-refractivity contribution in [2.45, 2.75) is 42.5 Å². The molecule has 1 aliphatic rings. The van der Waals surface area contributed by atoms with Gasteiger partial charge in [-0.05, 0) is 50.4 Å². The predicted molar refractivity (Wildman–Crippen MR) is 91.4 cm³/mol. The van der Waals surface area contributed by atoms with Gasteiger partial charge in [-0.2, -0.15) is 4.98 Å². The Labute approximate surface area is 147 Å². The van der Waals surface area contributed by atoms with E-state index >= 15 is 0 Å². The van der Waals surface area contributed by atoms with Crippen molar-refractivity contribution >= 4 is 22.4 Å². The third-order valence-corrected chi connectivity index (χ3v) is 5.72. The highest BCUT2D eigenvalue weighted by Crippen LogP contribution is 2.36. The number of benzene rings is 1. The van der Waals surface area contributed by atoms with E-state index in [1.165, 1.54) is 7.05 Å². The van der Waals surface area contributed by atoms with Gasteiger partial charge in [-0.1, -0.05) is 17.3 Å². The van der Waals surface area contributed by atoms with Gasteiger partial charge in [0.1, 0.15) is 0 Å². The van der Waals surface area contributed by atoms with E-state index in [0.717, 1.165) is 24.8 Å². The standard InChI is InChI=1S/C15H20N4O3S.ClH/c1-17-23(20,21)12-6-3-11(4-7-12)5-8-13-18-14(19-22-13)15(16)9-2-10-15;/h3-4,6-7,17H,2,5,8-10,16H2,1H3;1H. The van der Waals surface area contributed by atoms with Gasteiger partial charge in [-0.25, -0.2) is 13.1 Å². The molecule has 0 amide bonds. The molecule has 1 saturated carbocycles. The number of nitrogens with zero attached hydrogens (tertiary/aromatic N) is 2. The van der Waals surface area contributed by atoms with E-state index < -0.39 is 15.6 Å². The summed E-state index contributed by atoms with van der Waals surface area (Å²) in [6.07, 6.45) is 4.18. The smallest absolute Gasteiger partial charge is 0.240 e. The molecular weight excluding hydrogens is 352 g/mol. The van der Waals surface area contributed by atoms with Crippen molar-refractivity contribution in [3.8, 4) is 0 Å². The van der Waals surface area contributed by atoms with Crippen LogP contribution in [-0.4, -0.2) is 25.6 Å². The minimum atomic E-state index is -3.40. The molecule has 0 unspecified atom stereocenters.